The predicted octanol–water partition coefficient (Wildman–Crippen LogP) is 25.3. The molecule has 0 unspecified atom stereocenters. The predicted molar refractivity (Wildman–Crippen MR) is 372 cm³/mol. The number of rotatable bonds is 0. The van der Waals surface area contributed by atoms with Gasteiger partial charge < -0.3 is 126 Å². The molecule has 0 saturated carbocycles. The summed E-state index contributed by atoms with van der Waals surface area (Å²) in [6.45, 7) is 19.1. The maximum absolute atomic E-state index is 11.4. The SMILES string of the molecule is [CH2-][C@@H]1[CH-]CCCCC(=O)OCCCCCCCC1.[CH2-][C@H]1[CH-]CCCCC(=O)OCCCCCCCC1.[CH2-][C@H]1[CH-]CCCCCCCCOC(=O)CCCC1.[CH2-][C@H]1[CH-]CCCCCCCCOC(=O)CCCC1.[CH3-].[CH3-].[CH3-].[CH3-].[Cl][Ru][Cl].[Cl][Ru][Cl].[Cl][Ru][Cl].[Cl][Ru][Cl]. The summed E-state index contributed by atoms with van der Waals surface area (Å²) in [5, 5.41) is 0. The van der Waals surface area contributed by atoms with Gasteiger partial charge in [-0.1, -0.05) is 154 Å². The molecule has 0 radical (unpaired) electrons. The second-order valence-electron chi connectivity index (χ2n) is 21.7. The monoisotopic (exact) mass is 1760 g/mol. The quantitative estimate of drug-likeness (QED) is 0.102. The molecule has 0 amide bonds. The van der Waals surface area contributed by atoms with Gasteiger partial charge in [-0.2, -0.15) is 25.7 Å². The van der Waals surface area contributed by atoms with Crippen molar-refractivity contribution >= 4 is 101 Å². The van der Waals surface area contributed by atoms with E-state index in [0.717, 1.165) is 103 Å². The van der Waals surface area contributed by atoms with Crippen LogP contribution in [0.1, 0.15) is 283 Å². The second kappa shape index (κ2) is 93.9. The Bertz CT molecular complexity index is 1250. The van der Waals surface area contributed by atoms with Gasteiger partial charge in [-0.25, -0.2) is 0 Å². The summed E-state index contributed by atoms with van der Waals surface area (Å²) in [5.41, 5.74) is 0. The number of esters is 4. The molecule has 8 nitrogen and oxygen atoms in total. The van der Waals surface area contributed by atoms with Gasteiger partial charge in [0, 0.05) is 25.7 Å². The Morgan fingerprint density at radius 3 is 0.625 bits per heavy atom. The third-order valence-corrected chi connectivity index (χ3v) is 14.3. The molecular formula is C68H124Cl8O8Ru4-12. The van der Waals surface area contributed by atoms with Crippen LogP contribution in [0.4, 0.5) is 0 Å². The van der Waals surface area contributed by atoms with E-state index in [0.29, 0.717) is 75.8 Å². The van der Waals surface area contributed by atoms with Crippen molar-refractivity contribution in [1.29, 1.82) is 0 Å². The van der Waals surface area contributed by atoms with Gasteiger partial charge in [0.1, 0.15) is 0 Å². The summed E-state index contributed by atoms with van der Waals surface area (Å²) in [4.78, 5) is 45.6. The molecule has 0 spiro atoms. The fraction of sp³-hybridized carbons (Fsp3) is 0.765. The zero-order valence-corrected chi connectivity index (χ0v) is 68.1. The average molecular weight is 1760 g/mol. The van der Waals surface area contributed by atoms with Crippen molar-refractivity contribution in [2.24, 2.45) is 23.7 Å². The fourth-order valence-electron chi connectivity index (χ4n) is 9.44. The van der Waals surface area contributed by atoms with E-state index in [1.54, 1.807) is 0 Å². The Morgan fingerprint density at radius 1 is 0.261 bits per heavy atom. The number of halogens is 8. The molecule has 4 aliphatic heterocycles. The van der Waals surface area contributed by atoms with Crippen molar-refractivity contribution < 1.29 is 98.7 Å². The summed E-state index contributed by atoms with van der Waals surface area (Å²) in [6, 6.07) is 0. The molecule has 4 heterocycles. The van der Waals surface area contributed by atoms with E-state index < -0.39 is 0 Å². The minimum absolute atomic E-state index is 0. The van der Waals surface area contributed by atoms with Gasteiger partial charge in [0.25, 0.3) is 0 Å². The molecule has 4 aliphatic rings. The fourth-order valence-corrected chi connectivity index (χ4v) is 9.44. The first-order valence-electron chi connectivity index (χ1n) is 31.5. The van der Waals surface area contributed by atoms with Crippen molar-refractivity contribution in [3.05, 3.63) is 83.1 Å². The number of hydrogen-bond acceptors (Lipinski definition) is 8. The molecule has 20 heteroatoms. The molecular weight excluding hydrogens is 1630 g/mol. The molecule has 0 aromatic heterocycles. The number of hydrogen-bond donors (Lipinski definition) is 0. The van der Waals surface area contributed by atoms with Gasteiger partial charge in [0.15, 0.2) is 0 Å². The third kappa shape index (κ3) is 99.7. The zero-order chi connectivity index (χ0) is 63.0. The van der Waals surface area contributed by atoms with Crippen molar-refractivity contribution in [3.8, 4) is 0 Å². The van der Waals surface area contributed by atoms with E-state index in [1.165, 1.54) is 154 Å². The summed E-state index contributed by atoms with van der Waals surface area (Å²) in [7, 11) is 38.8. The van der Waals surface area contributed by atoms with Crippen LogP contribution in [0.25, 0.3) is 0 Å². The maximum atomic E-state index is 11.4. The van der Waals surface area contributed by atoms with E-state index in [1.807, 2.05) is 0 Å². The summed E-state index contributed by atoms with van der Waals surface area (Å²) in [5.74, 6) is 1.80. The molecule has 0 aromatic carbocycles. The number of cyclic esters (lactones) is 4. The van der Waals surface area contributed by atoms with Crippen LogP contribution in [-0.4, -0.2) is 50.3 Å². The van der Waals surface area contributed by atoms with Crippen LogP contribution in [0.15, 0.2) is 0 Å². The van der Waals surface area contributed by atoms with E-state index in [4.69, 9.17) is 96.5 Å². The van der Waals surface area contributed by atoms with Gasteiger partial charge in [-0.3, -0.25) is 19.2 Å². The zero-order valence-electron chi connectivity index (χ0n) is 55.1. The van der Waals surface area contributed by atoms with Crippen molar-refractivity contribution in [1.82, 2.24) is 0 Å². The van der Waals surface area contributed by atoms with Gasteiger partial charge in [-0.15, -0.1) is 25.7 Å². The molecule has 4 saturated heterocycles. The molecule has 88 heavy (non-hydrogen) atoms. The van der Waals surface area contributed by atoms with Crippen molar-refractivity contribution in [3.63, 3.8) is 0 Å². The minimum atomic E-state index is -0.346. The topological polar surface area (TPSA) is 105 Å². The second-order valence-corrected chi connectivity index (χ2v) is 32.2. The van der Waals surface area contributed by atoms with Gasteiger partial charge in [0.2, 0.25) is 0 Å². The molecule has 0 aliphatic carbocycles. The van der Waals surface area contributed by atoms with Crippen LogP contribution < -0.4 is 0 Å². The van der Waals surface area contributed by atoms with Crippen LogP contribution in [-0.2, 0) is 98.7 Å². The first kappa shape index (κ1) is 107. The van der Waals surface area contributed by atoms with Gasteiger partial charge in [0.05, 0.1) is 26.4 Å². The van der Waals surface area contributed by atoms with Crippen LogP contribution in [0, 0.1) is 107 Å². The Labute approximate surface area is 609 Å². The van der Waals surface area contributed by atoms with E-state index in [9.17, 15) is 19.2 Å². The molecule has 0 bridgehead atoms. The Morgan fingerprint density at radius 2 is 0.409 bits per heavy atom. The number of carbonyl (C=O) groups excluding carboxylic acids is 4. The van der Waals surface area contributed by atoms with E-state index >= 15 is 0 Å². The molecule has 4 rings (SSSR count). The van der Waals surface area contributed by atoms with E-state index in [-0.39, 0.29) is 114 Å². The molecule has 0 N–H and O–H groups in total. The summed E-state index contributed by atoms with van der Waals surface area (Å²) in [6.07, 6.45) is 58.7. The summed E-state index contributed by atoms with van der Waals surface area (Å²) >= 11 is -1.38. The molecule has 544 valence electrons. The van der Waals surface area contributed by atoms with Crippen LogP contribution in [0.3, 0.4) is 0 Å². The number of carbonyl (C=O) groups is 4. The molecule has 4 fully saturated rings. The van der Waals surface area contributed by atoms with Crippen molar-refractivity contribution in [2.75, 3.05) is 26.4 Å². The summed E-state index contributed by atoms with van der Waals surface area (Å²) < 4.78 is 20.8. The Kier molecular flexibility index (Phi) is 114. The first-order valence-corrected chi connectivity index (χ1v) is 49.4. The standard InChI is InChI=1S/4C16H28O2.4CH3.8ClH.4Ru/c2*1-15-11-7-4-2-3-5-10-14-18-16(17)13-9-6-8-12-15;2*1-15-11-7-5-3-2-4-6-10-14-18-16(17)13-9-8-12-15;;;;;;;;;;;;;;;;/h2*12,15H,1-11,13-14H2;2*11,15H,1-10,12-14H2;4*1H3;8*1H;;;;/q4*-2;4*-1;;;;;;;;;4*+2/p-8/t4*15-;;;;;;;;;;;;;;;;/m1000................/s1. The van der Waals surface area contributed by atoms with Crippen LogP contribution in [0.2, 0.25) is 0 Å². The normalized spacial score (nSPS) is 22.7. The Balaban J connectivity index is -0.000000150. The first-order chi connectivity index (χ1) is 40.8. The van der Waals surface area contributed by atoms with Gasteiger partial charge in [-0.05, 0) is 51.4 Å². The van der Waals surface area contributed by atoms with Crippen LogP contribution in [0.5, 0.6) is 0 Å². The average Bonchev–Trinajstić information content (AvgIpc) is 3.45. The number of ether oxygens (including phenoxy) is 4. The van der Waals surface area contributed by atoms with E-state index in [2.05, 4.69) is 53.4 Å². The Hall–Kier alpha value is 2.69. The molecule has 4 atom stereocenters. The van der Waals surface area contributed by atoms with Crippen LogP contribution >= 0.6 is 77.5 Å². The van der Waals surface area contributed by atoms with Gasteiger partial charge >= 0.3 is 162 Å². The third-order valence-electron chi connectivity index (χ3n) is 14.3. The van der Waals surface area contributed by atoms with Crippen molar-refractivity contribution in [2.45, 2.75) is 283 Å². The molecule has 0 aromatic rings.